The lowest BCUT2D eigenvalue weighted by molar-refractivity contribution is 0.0823. The minimum Gasteiger partial charge on any atom is -0.345 e. The van der Waals surface area contributed by atoms with Crippen LogP contribution >= 0.6 is 34.7 Å². The maximum Gasteiger partial charge on any atom is 0.275 e. The number of nitrogens with zero attached hydrogens (tertiary/aromatic N) is 3. The Balaban J connectivity index is 1.83. The zero-order chi connectivity index (χ0) is 19.7. The van der Waals surface area contributed by atoms with E-state index in [2.05, 4.69) is 15.5 Å². The van der Waals surface area contributed by atoms with Gasteiger partial charge in [0, 0.05) is 29.4 Å². The quantitative estimate of drug-likeness (QED) is 0.645. The summed E-state index contributed by atoms with van der Waals surface area (Å²) < 4.78 is 6.44. The summed E-state index contributed by atoms with van der Waals surface area (Å²) in [5.74, 6) is 0.400. The number of thiophene rings is 1. The van der Waals surface area contributed by atoms with E-state index in [1.807, 2.05) is 41.8 Å². The number of halogens is 1. The summed E-state index contributed by atoms with van der Waals surface area (Å²) in [5, 5.41) is 15.2. The molecular weight excluding hydrogens is 416 g/mol. The van der Waals surface area contributed by atoms with Gasteiger partial charge in [0.1, 0.15) is 0 Å². The Morgan fingerprint density at radius 2 is 2.18 bits per heavy atom. The highest BCUT2D eigenvalue weighted by molar-refractivity contribution is 8.02. The summed E-state index contributed by atoms with van der Waals surface area (Å²) in [4.78, 5) is 15.1. The van der Waals surface area contributed by atoms with Crippen LogP contribution in [0.2, 0.25) is 5.02 Å². The number of rotatable bonds is 4. The molecule has 1 N–H and O–H groups in total. The van der Waals surface area contributed by atoms with Crippen molar-refractivity contribution in [2.75, 3.05) is 26.0 Å². The SMILES string of the molecule is CN(C)C(=O)c1nnc(NC2OCC=CS2)c2cc(-c3cccc(Cl)c3)sc12. The third-order valence-electron chi connectivity index (χ3n) is 4.07. The number of carbonyl (C=O) groups excluding carboxylic acids is 1. The molecule has 6 nitrogen and oxygen atoms in total. The fourth-order valence-electron chi connectivity index (χ4n) is 2.72. The molecule has 0 spiro atoms. The molecule has 1 aliphatic heterocycles. The van der Waals surface area contributed by atoms with E-state index in [0.29, 0.717) is 23.1 Å². The van der Waals surface area contributed by atoms with Crippen LogP contribution in [0.4, 0.5) is 5.82 Å². The number of anilines is 1. The maximum absolute atomic E-state index is 12.6. The highest BCUT2D eigenvalue weighted by atomic mass is 35.5. The van der Waals surface area contributed by atoms with Crippen molar-refractivity contribution in [2.24, 2.45) is 0 Å². The van der Waals surface area contributed by atoms with E-state index in [9.17, 15) is 4.79 Å². The van der Waals surface area contributed by atoms with Crippen LogP contribution in [0.5, 0.6) is 0 Å². The van der Waals surface area contributed by atoms with Crippen molar-refractivity contribution in [1.82, 2.24) is 15.1 Å². The van der Waals surface area contributed by atoms with Gasteiger partial charge in [0.05, 0.1) is 11.3 Å². The molecule has 0 saturated carbocycles. The standard InChI is InChI=1S/C19H17ClN4O2S2/c1-24(2)18(25)15-16-13(10-14(28-16)11-5-3-6-12(20)9-11)17(23-22-15)21-19-26-7-4-8-27-19/h3-6,8-10,19H,7H2,1-2H3,(H,21,23). The van der Waals surface area contributed by atoms with E-state index in [-0.39, 0.29) is 11.5 Å². The van der Waals surface area contributed by atoms with Crippen LogP contribution in [-0.4, -0.2) is 47.3 Å². The number of benzene rings is 1. The molecule has 1 aromatic carbocycles. The van der Waals surface area contributed by atoms with Gasteiger partial charge in [0.25, 0.3) is 5.91 Å². The zero-order valence-electron chi connectivity index (χ0n) is 15.2. The van der Waals surface area contributed by atoms with Gasteiger partial charge in [0.2, 0.25) is 0 Å². The predicted octanol–water partition coefficient (Wildman–Crippen LogP) is 4.69. The lowest BCUT2D eigenvalue weighted by Crippen LogP contribution is -2.25. The van der Waals surface area contributed by atoms with Crippen molar-refractivity contribution in [3.8, 4) is 10.4 Å². The van der Waals surface area contributed by atoms with Crippen molar-refractivity contribution in [2.45, 2.75) is 5.56 Å². The lowest BCUT2D eigenvalue weighted by atomic mass is 10.1. The number of thioether (sulfide) groups is 1. The molecule has 0 saturated heterocycles. The average Bonchev–Trinajstić information content (AvgIpc) is 3.14. The second kappa shape index (κ2) is 8.08. The zero-order valence-corrected chi connectivity index (χ0v) is 17.6. The van der Waals surface area contributed by atoms with Crippen LogP contribution in [0, 0.1) is 0 Å². The molecule has 144 valence electrons. The summed E-state index contributed by atoms with van der Waals surface area (Å²) in [7, 11) is 3.40. The maximum atomic E-state index is 12.6. The average molecular weight is 433 g/mol. The molecule has 0 bridgehead atoms. The Hall–Kier alpha value is -2.13. The fraction of sp³-hybridized carbons (Fsp3) is 0.211. The van der Waals surface area contributed by atoms with Crippen molar-refractivity contribution in [1.29, 1.82) is 0 Å². The molecule has 0 fully saturated rings. The Labute approximate surface area is 175 Å². The van der Waals surface area contributed by atoms with Crippen molar-refractivity contribution in [3.05, 3.63) is 52.5 Å². The van der Waals surface area contributed by atoms with Gasteiger partial charge in [-0.15, -0.1) is 21.5 Å². The van der Waals surface area contributed by atoms with Gasteiger partial charge in [-0.1, -0.05) is 41.6 Å². The molecule has 2 aromatic heterocycles. The summed E-state index contributed by atoms with van der Waals surface area (Å²) >= 11 is 9.17. The molecule has 3 heterocycles. The van der Waals surface area contributed by atoms with Crippen LogP contribution in [-0.2, 0) is 4.74 Å². The number of amides is 1. The number of aromatic nitrogens is 2. The van der Waals surface area contributed by atoms with Gasteiger partial charge in [-0.2, -0.15) is 0 Å². The number of carbonyl (C=O) groups is 1. The Kier molecular flexibility index (Phi) is 5.54. The molecule has 1 aliphatic rings. The Morgan fingerprint density at radius 1 is 1.32 bits per heavy atom. The highest BCUT2D eigenvalue weighted by Gasteiger charge is 2.22. The first-order valence-corrected chi connectivity index (χ1v) is 10.6. The molecular formula is C19H17ClN4O2S2. The number of fused-ring (bicyclic) bond motifs is 1. The Bertz CT molecular complexity index is 1070. The van der Waals surface area contributed by atoms with Crippen molar-refractivity contribution >= 4 is 56.5 Å². The molecule has 1 amide bonds. The second-order valence-electron chi connectivity index (χ2n) is 6.28. The van der Waals surface area contributed by atoms with E-state index in [0.717, 1.165) is 20.5 Å². The number of hydrogen-bond acceptors (Lipinski definition) is 7. The minimum atomic E-state index is -0.257. The lowest BCUT2D eigenvalue weighted by Gasteiger charge is -2.20. The van der Waals surface area contributed by atoms with E-state index >= 15 is 0 Å². The molecule has 3 aromatic rings. The van der Waals surface area contributed by atoms with Crippen LogP contribution in [0.25, 0.3) is 20.5 Å². The molecule has 0 aliphatic carbocycles. The van der Waals surface area contributed by atoms with E-state index in [1.165, 1.54) is 28.0 Å². The normalized spacial score (nSPS) is 16.3. The smallest absolute Gasteiger partial charge is 0.275 e. The summed E-state index contributed by atoms with van der Waals surface area (Å²) in [6, 6.07) is 9.64. The summed E-state index contributed by atoms with van der Waals surface area (Å²) in [6.45, 7) is 0.538. The fourth-order valence-corrected chi connectivity index (χ4v) is 4.71. The third-order valence-corrected chi connectivity index (χ3v) is 6.34. The monoisotopic (exact) mass is 432 g/mol. The van der Waals surface area contributed by atoms with E-state index in [4.69, 9.17) is 16.3 Å². The molecule has 28 heavy (non-hydrogen) atoms. The van der Waals surface area contributed by atoms with Gasteiger partial charge >= 0.3 is 0 Å². The molecule has 0 radical (unpaired) electrons. The van der Waals surface area contributed by atoms with E-state index in [1.54, 1.807) is 14.1 Å². The van der Waals surface area contributed by atoms with Gasteiger partial charge in [-0.3, -0.25) is 4.79 Å². The third kappa shape index (κ3) is 3.86. The largest absolute Gasteiger partial charge is 0.345 e. The first kappa shape index (κ1) is 19.2. The Morgan fingerprint density at radius 3 is 2.89 bits per heavy atom. The number of ether oxygens (including phenoxy) is 1. The van der Waals surface area contributed by atoms with Crippen LogP contribution in [0.1, 0.15) is 10.5 Å². The first-order valence-electron chi connectivity index (χ1n) is 8.49. The minimum absolute atomic E-state index is 0.185. The predicted molar refractivity (Wildman–Crippen MR) is 116 cm³/mol. The highest BCUT2D eigenvalue weighted by Crippen LogP contribution is 2.39. The van der Waals surface area contributed by atoms with Crippen LogP contribution in [0.3, 0.4) is 0 Å². The first-order chi connectivity index (χ1) is 13.5. The van der Waals surface area contributed by atoms with Gasteiger partial charge < -0.3 is 15.0 Å². The summed E-state index contributed by atoms with van der Waals surface area (Å²) in [6.07, 6.45) is 1.95. The van der Waals surface area contributed by atoms with Crippen molar-refractivity contribution < 1.29 is 9.53 Å². The van der Waals surface area contributed by atoms with Gasteiger partial charge in [-0.05, 0) is 29.2 Å². The molecule has 4 rings (SSSR count). The van der Waals surface area contributed by atoms with Crippen LogP contribution in [0.15, 0.2) is 41.8 Å². The number of hydrogen-bond donors (Lipinski definition) is 1. The topological polar surface area (TPSA) is 67.4 Å². The number of nitrogens with one attached hydrogen (secondary N) is 1. The van der Waals surface area contributed by atoms with Crippen molar-refractivity contribution in [3.63, 3.8) is 0 Å². The molecule has 1 atom stereocenters. The molecule has 9 heteroatoms. The van der Waals surface area contributed by atoms with Crippen LogP contribution < -0.4 is 5.32 Å². The van der Waals surface area contributed by atoms with Gasteiger partial charge in [-0.25, -0.2) is 0 Å². The second-order valence-corrected chi connectivity index (χ2v) is 8.74. The van der Waals surface area contributed by atoms with E-state index < -0.39 is 0 Å². The summed E-state index contributed by atoms with van der Waals surface area (Å²) in [5.41, 5.74) is 1.06. The molecule has 1 unspecified atom stereocenters. The van der Waals surface area contributed by atoms with Gasteiger partial charge in [0.15, 0.2) is 17.1 Å².